The maximum Gasteiger partial charge on any atom is 0.229 e. The molecular weight excluding hydrogens is 476 g/mol. The van der Waals surface area contributed by atoms with Crippen LogP contribution >= 0.6 is 0 Å². The number of unbranched alkanes of at least 4 members (excludes halogenated alkanes) is 5. The first kappa shape index (κ1) is 32.5. The van der Waals surface area contributed by atoms with Crippen molar-refractivity contribution >= 4 is 23.6 Å². The molecule has 2 aliphatic heterocycles. The van der Waals surface area contributed by atoms with Gasteiger partial charge in [0, 0.05) is 38.8 Å². The van der Waals surface area contributed by atoms with Crippen molar-refractivity contribution in [2.24, 2.45) is 0 Å². The number of amides is 4. The Morgan fingerprint density at radius 3 is 1.08 bits per heavy atom. The summed E-state index contributed by atoms with van der Waals surface area (Å²) < 4.78 is 0. The Morgan fingerprint density at radius 1 is 0.421 bits per heavy atom. The monoisotopic (exact) mass is 532 g/mol. The molecule has 6 heteroatoms. The zero-order chi connectivity index (χ0) is 27.3. The molecule has 2 saturated heterocycles. The van der Waals surface area contributed by atoms with Crippen LogP contribution in [0.1, 0.15) is 167 Å². The van der Waals surface area contributed by atoms with Crippen molar-refractivity contribution in [3.63, 3.8) is 0 Å². The van der Waals surface area contributed by atoms with Crippen LogP contribution in [0.4, 0.5) is 0 Å². The Bertz CT molecular complexity index is 635. The van der Waals surface area contributed by atoms with E-state index in [9.17, 15) is 19.2 Å². The Labute approximate surface area is 232 Å². The van der Waals surface area contributed by atoms with E-state index in [4.69, 9.17) is 0 Å². The van der Waals surface area contributed by atoms with Gasteiger partial charge in [-0.3, -0.25) is 29.0 Å². The van der Waals surface area contributed by atoms with E-state index in [1.807, 2.05) is 0 Å². The highest BCUT2D eigenvalue weighted by molar-refractivity contribution is 5.95. The molecule has 0 bridgehead atoms. The van der Waals surface area contributed by atoms with Gasteiger partial charge in [-0.05, 0) is 38.5 Å². The molecule has 2 aliphatic rings. The maximum absolute atomic E-state index is 12.8. The van der Waals surface area contributed by atoms with Crippen molar-refractivity contribution in [3.8, 4) is 0 Å². The molecular formula is C32H56N2O4. The van der Waals surface area contributed by atoms with Crippen molar-refractivity contribution in [1.29, 1.82) is 0 Å². The summed E-state index contributed by atoms with van der Waals surface area (Å²) in [6, 6.07) is 0. The van der Waals surface area contributed by atoms with Crippen molar-refractivity contribution in [2.75, 3.05) is 13.1 Å². The third-order valence-electron chi connectivity index (χ3n) is 8.28. The molecule has 0 N–H and O–H groups in total. The summed E-state index contributed by atoms with van der Waals surface area (Å²) in [6.07, 6.45) is 25.6. The molecule has 2 fully saturated rings. The van der Waals surface area contributed by atoms with Gasteiger partial charge in [0.2, 0.25) is 23.6 Å². The van der Waals surface area contributed by atoms with E-state index >= 15 is 0 Å². The second-order valence-electron chi connectivity index (χ2n) is 11.7. The van der Waals surface area contributed by atoms with Gasteiger partial charge in [-0.15, -0.1) is 0 Å². The fourth-order valence-electron chi connectivity index (χ4n) is 5.79. The molecule has 218 valence electrons. The van der Waals surface area contributed by atoms with Crippen LogP contribution in [0.15, 0.2) is 0 Å². The molecule has 2 heterocycles. The second kappa shape index (κ2) is 21.1. The van der Waals surface area contributed by atoms with E-state index in [1.54, 1.807) is 9.80 Å². The highest BCUT2D eigenvalue weighted by Crippen LogP contribution is 2.17. The average molecular weight is 533 g/mol. The quantitative estimate of drug-likeness (QED) is 0.283. The smallest absolute Gasteiger partial charge is 0.229 e. The van der Waals surface area contributed by atoms with E-state index < -0.39 is 0 Å². The van der Waals surface area contributed by atoms with E-state index in [0.717, 1.165) is 89.9 Å². The third-order valence-corrected chi connectivity index (χ3v) is 8.28. The second-order valence-corrected chi connectivity index (χ2v) is 11.7. The molecule has 0 aromatic rings. The SMILES string of the molecule is O=C1CCCCCCCCCCN1C(=O)CCCCCCCCC(=O)N1CCCCCCCCCCC1=O. The van der Waals surface area contributed by atoms with Gasteiger partial charge >= 0.3 is 0 Å². The number of carbonyl (C=O) groups excluding carboxylic acids is 4. The van der Waals surface area contributed by atoms with Crippen molar-refractivity contribution in [3.05, 3.63) is 0 Å². The zero-order valence-corrected chi connectivity index (χ0v) is 24.3. The number of hydrogen-bond donors (Lipinski definition) is 0. The molecule has 0 saturated carbocycles. The fourth-order valence-corrected chi connectivity index (χ4v) is 5.79. The van der Waals surface area contributed by atoms with E-state index in [-0.39, 0.29) is 23.6 Å². The zero-order valence-electron chi connectivity index (χ0n) is 24.3. The molecule has 2 rings (SSSR count). The Morgan fingerprint density at radius 2 is 0.711 bits per heavy atom. The van der Waals surface area contributed by atoms with Crippen molar-refractivity contribution < 1.29 is 19.2 Å². The van der Waals surface area contributed by atoms with E-state index in [2.05, 4.69) is 0 Å². The molecule has 0 radical (unpaired) electrons. The van der Waals surface area contributed by atoms with Gasteiger partial charge in [-0.1, -0.05) is 103 Å². The number of rotatable bonds is 9. The van der Waals surface area contributed by atoms with Crippen LogP contribution in [0, 0.1) is 0 Å². The lowest BCUT2D eigenvalue weighted by Crippen LogP contribution is -2.37. The first-order valence-corrected chi connectivity index (χ1v) is 16.3. The van der Waals surface area contributed by atoms with Gasteiger partial charge < -0.3 is 0 Å². The Balaban J connectivity index is 1.59. The predicted molar refractivity (Wildman–Crippen MR) is 153 cm³/mol. The minimum absolute atomic E-state index is 0.00778. The third kappa shape index (κ3) is 14.4. The van der Waals surface area contributed by atoms with Crippen LogP contribution in [-0.2, 0) is 19.2 Å². The summed E-state index contributed by atoms with van der Waals surface area (Å²) in [5.41, 5.74) is 0. The highest BCUT2D eigenvalue weighted by atomic mass is 16.2. The minimum Gasteiger partial charge on any atom is -0.283 e. The number of nitrogens with zero attached hydrogens (tertiary/aromatic N) is 2. The van der Waals surface area contributed by atoms with E-state index in [0.29, 0.717) is 38.8 Å². The van der Waals surface area contributed by atoms with E-state index in [1.165, 1.54) is 51.4 Å². The predicted octanol–water partition coefficient (Wildman–Crippen LogP) is 7.87. The largest absolute Gasteiger partial charge is 0.283 e. The Kier molecular flexibility index (Phi) is 18.1. The molecule has 0 spiro atoms. The molecule has 0 atom stereocenters. The van der Waals surface area contributed by atoms with Gasteiger partial charge in [-0.25, -0.2) is 0 Å². The van der Waals surface area contributed by atoms with Gasteiger partial charge in [0.05, 0.1) is 0 Å². The summed E-state index contributed by atoms with van der Waals surface area (Å²) in [5.74, 6) is 0.0637. The summed E-state index contributed by atoms with van der Waals surface area (Å²) >= 11 is 0. The lowest BCUT2D eigenvalue weighted by molar-refractivity contribution is -0.146. The maximum atomic E-state index is 12.8. The molecule has 0 aromatic carbocycles. The number of carbonyl (C=O) groups is 4. The van der Waals surface area contributed by atoms with Gasteiger partial charge in [0.15, 0.2) is 0 Å². The number of hydrogen-bond acceptors (Lipinski definition) is 4. The molecule has 0 aliphatic carbocycles. The topological polar surface area (TPSA) is 74.8 Å². The highest BCUT2D eigenvalue weighted by Gasteiger charge is 2.21. The van der Waals surface area contributed by atoms with Gasteiger partial charge in [0.25, 0.3) is 0 Å². The van der Waals surface area contributed by atoms with Crippen LogP contribution in [-0.4, -0.2) is 46.5 Å². The molecule has 6 nitrogen and oxygen atoms in total. The first-order chi connectivity index (χ1) is 18.6. The summed E-state index contributed by atoms with van der Waals surface area (Å²) in [4.78, 5) is 53.9. The van der Waals surface area contributed by atoms with Crippen molar-refractivity contribution in [2.45, 2.75) is 167 Å². The lowest BCUT2D eigenvalue weighted by atomic mass is 10.0. The van der Waals surface area contributed by atoms with Crippen LogP contribution in [0.25, 0.3) is 0 Å². The molecule has 38 heavy (non-hydrogen) atoms. The van der Waals surface area contributed by atoms with Gasteiger partial charge in [-0.2, -0.15) is 0 Å². The molecule has 4 amide bonds. The standard InChI is InChI=1S/C32H56N2O4/c35-29-23-17-11-5-1-3-9-15-21-27-33(29)31(37)25-19-13-7-8-14-20-26-32(38)34-28-22-16-10-4-2-6-12-18-24-30(34)36/h1-28H2. The molecule has 0 unspecified atom stereocenters. The number of imide groups is 2. The Hall–Kier alpha value is -1.72. The summed E-state index contributed by atoms with van der Waals surface area (Å²) in [5, 5.41) is 0. The van der Waals surface area contributed by atoms with Crippen molar-refractivity contribution in [1.82, 2.24) is 9.80 Å². The summed E-state index contributed by atoms with van der Waals surface area (Å²) in [7, 11) is 0. The fraction of sp³-hybridized carbons (Fsp3) is 0.875. The first-order valence-electron chi connectivity index (χ1n) is 16.3. The van der Waals surface area contributed by atoms with Crippen LogP contribution in [0.2, 0.25) is 0 Å². The minimum atomic E-state index is 0.00778. The van der Waals surface area contributed by atoms with Crippen LogP contribution in [0.5, 0.6) is 0 Å². The normalized spacial score (nSPS) is 20.1. The van der Waals surface area contributed by atoms with Crippen LogP contribution < -0.4 is 0 Å². The molecule has 0 aromatic heterocycles. The van der Waals surface area contributed by atoms with Crippen LogP contribution in [0.3, 0.4) is 0 Å². The lowest BCUT2D eigenvalue weighted by Gasteiger charge is -2.22. The van der Waals surface area contributed by atoms with Gasteiger partial charge in [0.1, 0.15) is 0 Å². The summed E-state index contributed by atoms with van der Waals surface area (Å²) in [6.45, 7) is 1.18. The average Bonchev–Trinajstić information content (AvgIpc) is 2.89.